The predicted octanol–water partition coefficient (Wildman–Crippen LogP) is 0.738. The minimum atomic E-state index is -0.167. The summed E-state index contributed by atoms with van der Waals surface area (Å²) in [5, 5.41) is 0. The van der Waals surface area contributed by atoms with Gasteiger partial charge in [0, 0.05) is 20.1 Å². The molecule has 0 heterocycles. The normalized spacial score (nSPS) is 10.5. The molecule has 0 aliphatic rings. The number of amides is 2. The van der Waals surface area contributed by atoms with Gasteiger partial charge in [-0.05, 0) is 27.7 Å². The van der Waals surface area contributed by atoms with Crippen molar-refractivity contribution in [1.29, 1.82) is 0 Å². The van der Waals surface area contributed by atoms with Crippen molar-refractivity contribution in [2.75, 3.05) is 33.3 Å². The minimum absolute atomic E-state index is 0.0193. The summed E-state index contributed by atoms with van der Waals surface area (Å²) in [6.45, 7) is 9.06. The van der Waals surface area contributed by atoms with Crippen LogP contribution in [-0.2, 0) is 14.3 Å². The van der Waals surface area contributed by atoms with Crippen LogP contribution in [0.15, 0.2) is 0 Å². The Balaban J connectivity index is 4.10. The summed E-state index contributed by atoms with van der Waals surface area (Å²) in [4.78, 5) is 26.5. The van der Waals surface area contributed by atoms with Gasteiger partial charge < -0.3 is 14.5 Å². The fourth-order valence-electron chi connectivity index (χ4n) is 1.32. The molecule has 17 heavy (non-hydrogen) atoms. The molecule has 0 fully saturated rings. The first kappa shape index (κ1) is 15.9. The van der Waals surface area contributed by atoms with E-state index in [0.717, 1.165) is 0 Å². The minimum Gasteiger partial charge on any atom is -0.369 e. The Morgan fingerprint density at radius 2 is 1.65 bits per heavy atom. The van der Waals surface area contributed by atoms with Crippen LogP contribution >= 0.6 is 0 Å². The van der Waals surface area contributed by atoms with E-state index in [-0.39, 0.29) is 31.1 Å². The molecular formula is C12H24N2O3. The van der Waals surface area contributed by atoms with Crippen molar-refractivity contribution in [2.45, 2.75) is 33.8 Å². The highest BCUT2D eigenvalue weighted by Gasteiger charge is 2.16. The maximum Gasteiger partial charge on any atom is 0.248 e. The van der Waals surface area contributed by atoms with Crippen LogP contribution in [0.25, 0.3) is 0 Å². The number of hydrogen-bond acceptors (Lipinski definition) is 3. The number of ether oxygens (including phenoxy) is 1. The summed E-state index contributed by atoms with van der Waals surface area (Å²) in [5.74, 6) is -0.199. The fraction of sp³-hybridized carbons (Fsp3) is 0.833. The molecule has 100 valence electrons. The molecule has 0 aliphatic carbocycles. The van der Waals surface area contributed by atoms with Crippen molar-refractivity contribution in [2.24, 2.45) is 0 Å². The maximum absolute atomic E-state index is 11.7. The lowest BCUT2D eigenvalue weighted by Crippen LogP contribution is -2.42. The van der Waals surface area contributed by atoms with E-state index in [2.05, 4.69) is 0 Å². The summed E-state index contributed by atoms with van der Waals surface area (Å²) >= 11 is 0. The van der Waals surface area contributed by atoms with E-state index in [0.29, 0.717) is 13.1 Å². The van der Waals surface area contributed by atoms with E-state index in [4.69, 9.17) is 4.74 Å². The van der Waals surface area contributed by atoms with E-state index >= 15 is 0 Å². The zero-order valence-corrected chi connectivity index (χ0v) is 11.5. The summed E-state index contributed by atoms with van der Waals surface area (Å²) in [7, 11) is 1.62. The molecule has 0 aromatic rings. The molecular weight excluding hydrogens is 220 g/mol. The molecule has 0 N–H and O–H groups in total. The van der Waals surface area contributed by atoms with E-state index in [1.807, 2.05) is 27.7 Å². The molecule has 0 saturated heterocycles. The molecule has 0 spiro atoms. The Morgan fingerprint density at radius 3 is 2.06 bits per heavy atom. The molecule has 2 amide bonds. The highest BCUT2D eigenvalue weighted by Crippen LogP contribution is 1.95. The van der Waals surface area contributed by atoms with Crippen LogP contribution in [-0.4, -0.2) is 61.0 Å². The zero-order chi connectivity index (χ0) is 13.4. The third kappa shape index (κ3) is 6.26. The van der Waals surface area contributed by atoms with Gasteiger partial charge in [0.25, 0.3) is 0 Å². The van der Waals surface area contributed by atoms with Gasteiger partial charge >= 0.3 is 0 Å². The Hall–Kier alpha value is -1.10. The van der Waals surface area contributed by atoms with Crippen LogP contribution in [0.4, 0.5) is 0 Å². The predicted molar refractivity (Wildman–Crippen MR) is 66.7 cm³/mol. The van der Waals surface area contributed by atoms with Gasteiger partial charge in [-0.3, -0.25) is 9.59 Å². The molecule has 0 aliphatic heterocycles. The molecule has 5 heteroatoms. The second-order valence-corrected chi connectivity index (χ2v) is 4.18. The average Bonchev–Trinajstić information content (AvgIpc) is 2.27. The van der Waals surface area contributed by atoms with Crippen molar-refractivity contribution in [3.63, 3.8) is 0 Å². The van der Waals surface area contributed by atoms with Crippen LogP contribution in [0.1, 0.15) is 27.7 Å². The van der Waals surface area contributed by atoms with Gasteiger partial charge in [0.15, 0.2) is 0 Å². The molecule has 0 radical (unpaired) electrons. The Labute approximate surface area is 104 Å². The largest absolute Gasteiger partial charge is 0.369 e. The zero-order valence-electron chi connectivity index (χ0n) is 11.5. The van der Waals surface area contributed by atoms with Gasteiger partial charge in [-0.2, -0.15) is 0 Å². The molecule has 0 saturated carbocycles. The third-order valence-electron chi connectivity index (χ3n) is 2.45. The first-order valence-electron chi connectivity index (χ1n) is 6.05. The lowest BCUT2D eigenvalue weighted by Gasteiger charge is -2.23. The summed E-state index contributed by atoms with van der Waals surface area (Å²) in [6.07, 6.45) is 0.0193. The number of hydrogen-bond donors (Lipinski definition) is 0. The second kappa shape index (κ2) is 8.06. The Bertz CT molecular complexity index is 250. The quantitative estimate of drug-likeness (QED) is 0.663. The molecule has 0 atom stereocenters. The molecule has 0 aromatic heterocycles. The fourth-order valence-corrected chi connectivity index (χ4v) is 1.32. The summed E-state index contributed by atoms with van der Waals surface area (Å²) < 4.78 is 5.20. The van der Waals surface area contributed by atoms with Crippen LogP contribution in [0, 0.1) is 0 Å². The molecule has 0 unspecified atom stereocenters. The number of carbonyl (C=O) groups is 2. The van der Waals surface area contributed by atoms with Gasteiger partial charge in [-0.25, -0.2) is 0 Å². The first-order valence-corrected chi connectivity index (χ1v) is 6.05. The molecule has 0 bridgehead atoms. The van der Waals surface area contributed by atoms with Crippen LogP contribution in [0.2, 0.25) is 0 Å². The number of likely N-dealkylation sites (N-methyl/N-ethyl adjacent to an activating group) is 2. The van der Waals surface area contributed by atoms with Crippen LogP contribution in [0.5, 0.6) is 0 Å². The van der Waals surface area contributed by atoms with Gasteiger partial charge in [0.1, 0.15) is 6.61 Å². The second-order valence-electron chi connectivity index (χ2n) is 4.18. The molecule has 0 rings (SSSR count). The van der Waals surface area contributed by atoms with Crippen LogP contribution in [0.3, 0.4) is 0 Å². The van der Waals surface area contributed by atoms with Crippen molar-refractivity contribution in [3.05, 3.63) is 0 Å². The topological polar surface area (TPSA) is 49.9 Å². The lowest BCUT2D eigenvalue weighted by molar-refractivity contribution is -0.142. The highest BCUT2D eigenvalue weighted by molar-refractivity contribution is 5.85. The van der Waals surface area contributed by atoms with Crippen molar-refractivity contribution in [1.82, 2.24) is 9.80 Å². The van der Waals surface area contributed by atoms with Gasteiger partial charge in [-0.1, -0.05) is 0 Å². The monoisotopic (exact) mass is 244 g/mol. The summed E-state index contributed by atoms with van der Waals surface area (Å²) in [6, 6.07) is 0. The van der Waals surface area contributed by atoms with E-state index in [1.54, 1.807) is 11.9 Å². The van der Waals surface area contributed by atoms with Crippen molar-refractivity contribution in [3.8, 4) is 0 Å². The number of carbonyl (C=O) groups excluding carboxylic acids is 2. The van der Waals surface area contributed by atoms with Gasteiger partial charge in [-0.15, -0.1) is 0 Å². The lowest BCUT2D eigenvalue weighted by atomic mass is 10.4. The standard InChI is InChI=1S/C12H24N2O3/c1-6-14(7-2)11(15)8-13(5)12(16)9-17-10(3)4/h10H,6-9H2,1-5H3. The third-order valence-corrected chi connectivity index (χ3v) is 2.45. The number of rotatable bonds is 7. The van der Waals surface area contributed by atoms with E-state index < -0.39 is 0 Å². The number of nitrogens with zero attached hydrogens (tertiary/aromatic N) is 2. The molecule has 0 aromatic carbocycles. The maximum atomic E-state index is 11.7. The molecule has 5 nitrogen and oxygen atoms in total. The smallest absolute Gasteiger partial charge is 0.248 e. The van der Waals surface area contributed by atoms with Gasteiger partial charge in [0.05, 0.1) is 12.6 Å². The Morgan fingerprint density at radius 1 is 1.12 bits per heavy atom. The SMILES string of the molecule is CCN(CC)C(=O)CN(C)C(=O)COC(C)C. The van der Waals surface area contributed by atoms with Crippen LogP contribution < -0.4 is 0 Å². The van der Waals surface area contributed by atoms with Crippen molar-refractivity contribution >= 4 is 11.8 Å². The van der Waals surface area contributed by atoms with Gasteiger partial charge in [0.2, 0.25) is 11.8 Å². The summed E-state index contributed by atoms with van der Waals surface area (Å²) in [5.41, 5.74) is 0. The van der Waals surface area contributed by atoms with E-state index in [9.17, 15) is 9.59 Å². The average molecular weight is 244 g/mol. The highest BCUT2D eigenvalue weighted by atomic mass is 16.5. The Kier molecular flexibility index (Phi) is 7.54. The van der Waals surface area contributed by atoms with E-state index in [1.165, 1.54) is 4.90 Å². The van der Waals surface area contributed by atoms with Crippen molar-refractivity contribution < 1.29 is 14.3 Å². The first-order chi connectivity index (χ1) is 7.92.